The van der Waals surface area contributed by atoms with Crippen LogP contribution < -0.4 is 0 Å². The van der Waals surface area contributed by atoms with E-state index in [-0.39, 0.29) is 0 Å². The average Bonchev–Trinajstić information content (AvgIpc) is 2.98. The molecule has 4 unspecified atom stereocenters. The van der Waals surface area contributed by atoms with E-state index in [0.29, 0.717) is 0 Å². The minimum atomic E-state index is 0.977. The molecule has 0 aliphatic heterocycles. The molecule has 3 aliphatic rings. The molecule has 0 amide bonds. The standard InChI is InChI=1S/C12H12/c1-2-4-8-7(3-1)9-5-11(9)12-6-10(8)12/h1-4,9-12H,5-6H2. The summed E-state index contributed by atoms with van der Waals surface area (Å²) in [6, 6.07) is 9.12. The van der Waals surface area contributed by atoms with Crippen molar-refractivity contribution in [1.82, 2.24) is 0 Å². The van der Waals surface area contributed by atoms with E-state index in [9.17, 15) is 0 Å². The molecule has 0 spiro atoms. The predicted octanol–water partition coefficient (Wildman–Crippen LogP) is 2.91. The van der Waals surface area contributed by atoms with Crippen LogP contribution in [0.3, 0.4) is 0 Å². The van der Waals surface area contributed by atoms with Crippen molar-refractivity contribution in [2.24, 2.45) is 11.8 Å². The van der Waals surface area contributed by atoms with Crippen LogP contribution in [0.2, 0.25) is 0 Å². The molecule has 0 heterocycles. The highest BCUT2D eigenvalue weighted by Crippen LogP contribution is 2.70. The highest BCUT2D eigenvalue weighted by molar-refractivity contribution is 5.45. The van der Waals surface area contributed by atoms with Gasteiger partial charge in [-0.3, -0.25) is 0 Å². The summed E-state index contributed by atoms with van der Waals surface area (Å²) in [7, 11) is 0. The van der Waals surface area contributed by atoms with E-state index in [0.717, 1.165) is 23.7 Å². The van der Waals surface area contributed by atoms with Gasteiger partial charge in [0.15, 0.2) is 0 Å². The van der Waals surface area contributed by atoms with Gasteiger partial charge in [-0.15, -0.1) is 0 Å². The van der Waals surface area contributed by atoms with E-state index < -0.39 is 0 Å². The first-order valence-electron chi connectivity index (χ1n) is 5.04. The fraction of sp³-hybridized carbons (Fsp3) is 0.500. The van der Waals surface area contributed by atoms with Crippen molar-refractivity contribution in [2.75, 3.05) is 0 Å². The summed E-state index contributed by atoms with van der Waals surface area (Å²) in [5, 5.41) is 0. The van der Waals surface area contributed by atoms with Crippen LogP contribution in [0.15, 0.2) is 24.3 Å². The Morgan fingerprint density at radius 3 is 1.83 bits per heavy atom. The third-order valence-corrected chi connectivity index (χ3v) is 4.02. The Labute approximate surface area is 72.6 Å². The molecule has 4 rings (SSSR count). The van der Waals surface area contributed by atoms with Crippen molar-refractivity contribution in [3.05, 3.63) is 35.4 Å². The van der Waals surface area contributed by atoms with Crippen molar-refractivity contribution >= 4 is 0 Å². The van der Waals surface area contributed by atoms with Crippen LogP contribution in [0.5, 0.6) is 0 Å². The summed E-state index contributed by atoms with van der Waals surface area (Å²) in [4.78, 5) is 0. The molecule has 2 fully saturated rings. The van der Waals surface area contributed by atoms with E-state index >= 15 is 0 Å². The van der Waals surface area contributed by atoms with Crippen molar-refractivity contribution in [3.63, 3.8) is 0 Å². The predicted molar refractivity (Wildman–Crippen MR) is 48.1 cm³/mol. The Hall–Kier alpha value is -0.780. The van der Waals surface area contributed by atoms with Gasteiger partial charge in [0, 0.05) is 0 Å². The summed E-state index contributed by atoms with van der Waals surface area (Å²) in [6.07, 6.45) is 3.00. The highest BCUT2D eigenvalue weighted by atomic mass is 14.6. The molecule has 0 heteroatoms. The quantitative estimate of drug-likeness (QED) is 0.541. The first kappa shape index (κ1) is 5.80. The molecule has 0 bridgehead atoms. The maximum absolute atomic E-state index is 2.36. The van der Waals surface area contributed by atoms with Crippen LogP contribution in [0.1, 0.15) is 35.8 Å². The number of hydrogen-bond donors (Lipinski definition) is 0. The number of benzene rings is 1. The summed E-state index contributed by atoms with van der Waals surface area (Å²) in [6.45, 7) is 0. The van der Waals surface area contributed by atoms with Gasteiger partial charge in [0.1, 0.15) is 0 Å². The second-order valence-corrected chi connectivity index (χ2v) is 4.64. The second kappa shape index (κ2) is 1.61. The lowest BCUT2D eigenvalue weighted by molar-refractivity contribution is 0.641. The van der Waals surface area contributed by atoms with Gasteiger partial charge in [-0.1, -0.05) is 24.3 Å². The maximum Gasteiger partial charge on any atom is -0.0125 e. The Balaban J connectivity index is 1.99. The molecule has 12 heavy (non-hydrogen) atoms. The average molecular weight is 156 g/mol. The van der Waals surface area contributed by atoms with Crippen molar-refractivity contribution < 1.29 is 0 Å². The minimum Gasteiger partial charge on any atom is -0.0620 e. The Kier molecular flexibility index (Phi) is 0.778. The fourth-order valence-corrected chi connectivity index (χ4v) is 3.28. The van der Waals surface area contributed by atoms with Crippen LogP contribution in [0.25, 0.3) is 0 Å². The summed E-state index contributed by atoms with van der Waals surface area (Å²) >= 11 is 0. The van der Waals surface area contributed by atoms with Gasteiger partial charge in [-0.05, 0) is 47.6 Å². The van der Waals surface area contributed by atoms with Gasteiger partial charge in [-0.2, -0.15) is 0 Å². The lowest BCUT2D eigenvalue weighted by Crippen LogP contribution is -1.99. The third kappa shape index (κ3) is 0.532. The highest BCUT2D eigenvalue weighted by Gasteiger charge is 2.59. The van der Waals surface area contributed by atoms with Crippen LogP contribution in [-0.2, 0) is 0 Å². The SMILES string of the molecule is c1ccc2c(c1)C1CC1C1CC21. The van der Waals surface area contributed by atoms with Gasteiger partial charge < -0.3 is 0 Å². The zero-order valence-corrected chi connectivity index (χ0v) is 7.03. The van der Waals surface area contributed by atoms with E-state index in [1.165, 1.54) is 12.8 Å². The summed E-state index contributed by atoms with van der Waals surface area (Å²) in [5.41, 5.74) is 3.39. The lowest BCUT2D eigenvalue weighted by Gasteiger charge is -2.13. The van der Waals surface area contributed by atoms with Crippen LogP contribution >= 0.6 is 0 Å². The molecule has 2 saturated carbocycles. The van der Waals surface area contributed by atoms with Crippen LogP contribution in [0.4, 0.5) is 0 Å². The minimum absolute atomic E-state index is 0.977. The molecule has 0 aromatic heterocycles. The zero-order valence-electron chi connectivity index (χ0n) is 7.03. The number of fused-ring (bicyclic) bond motifs is 6. The van der Waals surface area contributed by atoms with E-state index in [1.54, 1.807) is 11.1 Å². The number of rotatable bonds is 0. The molecule has 0 N–H and O–H groups in total. The molecular weight excluding hydrogens is 144 g/mol. The van der Waals surface area contributed by atoms with Crippen molar-refractivity contribution in [1.29, 1.82) is 0 Å². The van der Waals surface area contributed by atoms with E-state index in [2.05, 4.69) is 24.3 Å². The fourth-order valence-electron chi connectivity index (χ4n) is 3.28. The maximum atomic E-state index is 2.36. The molecule has 1 aromatic rings. The first-order valence-corrected chi connectivity index (χ1v) is 5.04. The number of hydrogen-bond acceptors (Lipinski definition) is 0. The van der Waals surface area contributed by atoms with Gasteiger partial charge >= 0.3 is 0 Å². The largest absolute Gasteiger partial charge is 0.0620 e. The van der Waals surface area contributed by atoms with Gasteiger partial charge in [0.25, 0.3) is 0 Å². The van der Waals surface area contributed by atoms with Gasteiger partial charge in [0.2, 0.25) is 0 Å². The normalized spacial score (nSPS) is 45.7. The van der Waals surface area contributed by atoms with Crippen molar-refractivity contribution in [3.8, 4) is 0 Å². The van der Waals surface area contributed by atoms with Gasteiger partial charge in [-0.25, -0.2) is 0 Å². The second-order valence-electron chi connectivity index (χ2n) is 4.64. The van der Waals surface area contributed by atoms with Crippen LogP contribution in [0, 0.1) is 11.8 Å². The van der Waals surface area contributed by atoms with Crippen molar-refractivity contribution in [2.45, 2.75) is 24.7 Å². The van der Waals surface area contributed by atoms with E-state index in [1.807, 2.05) is 0 Å². The molecule has 0 radical (unpaired) electrons. The topological polar surface area (TPSA) is 0 Å². The Morgan fingerprint density at radius 1 is 0.833 bits per heavy atom. The molecule has 3 aliphatic carbocycles. The first-order chi connectivity index (χ1) is 5.95. The molecule has 4 atom stereocenters. The lowest BCUT2D eigenvalue weighted by atomic mass is 9.92. The smallest absolute Gasteiger partial charge is 0.0125 e. The molecule has 1 aromatic carbocycles. The molecule has 0 saturated heterocycles. The molecule has 0 nitrogen and oxygen atoms in total. The van der Waals surface area contributed by atoms with E-state index in [4.69, 9.17) is 0 Å². The Morgan fingerprint density at radius 2 is 1.33 bits per heavy atom. The molecule has 60 valence electrons. The monoisotopic (exact) mass is 156 g/mol. The summed E-state index contributed by atoms with van der Waals surface area (Å²) < 4.78 is 0. The molecular formula is C12H12. The Bertz CT molecular complexity index is 318. The zero-order chi connectivity index (χ0) is 7.71. The van der Waals surface area contributed by atoms with Crippen LogP contribution in [-0.4, -0.2) is 0 Å². The van der Waals surface area contributed by atoms with Gasteiger partial charge in [0.05, 0.1) is 0 Å². The summed E-state index contributed by atoms with van der Waals surface area (Å²) in [5.74, 6) is 4.16. The third-order valence-electron chi connectivity index (χ3n) is 4.02.